The molecule has 0 heterocycles. The maximum absolute atomic E-state index is 11.4. The standard InChI is InChI=1S/C22H32O7S2Si/c1-22(2,3)32(20-12-6-4-7-13-20,21-14-8-5-9-15-21)29-19(16-18-31(26,27)28)11-10-17-30(23,24)25/h4-9,12-15,19H,10-11,16-18H2,1-3H3,(H,23,24,25)(H,26,27,28)/t19-/m0/s1. The molecule has 2 aromatic carbocycles. The quantitative estimate of drug-likeness (QED) is 0.360. The fraction of sp³-hybridized carbons (Fsp3) is 0.455. The maximum atomic E-state index is 11.4. The lowest BCUT2D eigenvalue weighted by atomic mass is 10.2. The summed E-state index contributed by atoms with van der Waals surface area (Å²) in [4.78, 5) is 0. The Bertz CT molecular complexity index is 1020. The van der Waals surface area contributed by atoms with Crippen LogP contribution in [0.1, 0.15) is 40.0 Å². The van der Waals surface area contributed by atoms with E-state index in [-0.39, 0.29) is 24.3 Å². The molecule has 0 spiro atoms. The van der Waals surface area contributed by atoms with E-state index in [2.05, 4.69) is 20.8 Å². The molecule has 0 amide bonds. The van der Waals surface area contributed by atoms with Gasteiger partial charge in [-0.15, -0.1) is 0 Å². The van der Waals surface area contributed by atoms with E-state index in [9.17, 15) is 21.4 Å². The minimum absolute atomic E-state index is 0.00874. The number of hydrogen-bond donors (Lipinski definition) is 2. The first-order valence-corrected chi connectivity index (χ1v) is 15.6. The third-order valence-electron chi connectivity index (χ3n) is 5.39. The fourth-order valence-corrected chi connectivity index (χ4v) is 9.82. The minimum Gasteiger partial charge on any atom is -0.404 e. The molecular weight excluding hydrogens is 468 g/mol. The summed E-state index contributed by atoms with van der Waals surface area (Å²) in [6.45, 7) is 6.24. The van der Waals surface area contributed by atoms with Crippen molar-refractivity contribution in [2.75, 3.05) is 11.5 Å². The van der Waals surface area contributed by atoms with Gasteiger partial charge in [0.1, 0.15) is 0 Å². The average Bonchev–Trinajstić information content (AvgIpc) is 2.68. The van der Waals surface area contributed by atoms with Crippen LogP contribution < -0.4 is 10.4 Å². The molecule has 2 rings (SSSR count). The molecule has 0 saturated heterocycles. The van der Waals surface area contributed by atoms with Gasteiger partial charge in [-0.05, 0) is 34.7 Å². The highest BCUT2D eigenvalue weighted by Crippen LogP contribution is 2.38. The predicted octanol–water partition coefficient (Wildman–Crippen LogP) is 2.88. The monoisotopic (exact) mass is 500 g/mol. The van der Waals surface area contributed by atoms with Crippen LogP contribution in [0.15, 0.2) is 60.7 Å². The van der Waals surface area contributed by atoms with Gasteiger partial charge in [-0.3, -0.25) is 9.11 Å². The summed E-state index contributed by atoms with van der Waals surface area (Å²) in [5, 5.41) is 1.66. The van der Waals surface area contributed by atoms with Crippen molar-refractivity contribution in [3.63, 3.8) is 0 Å². The minimum atomic E-state index is -4.23. The molecule has 7 nitrogen and oxygen atoms in total. The van der Waals surface area contributed by atoms with E-state index >= 15 is 0 Å². The van der Waals surface area contributed by atoms with Gasteiger partial charge in [-0.25, -0.2) is 0 Å². The molecule has 32 heavy (non-hydrogen) atoms. The number of benzene rings is 2. The second-order valence-corrected chi connectivity index (χ2v) is 16.3. The van der Waals surface area contributed by atoms with E-state index in [0.717, 1.165) is 10.4 Å². The highest BCUT2D eigenvalue weighted by molar-refractivity contribution is 7.86. The van der Waals surface area contributed by atoms with E-state index < -0.39 is 46.2 Å². The summed E-state index contributed by atoms with van der Waals surface area (Å²) in [5.41, 5.74) is 0. The molecule has 1 atom stereocenters. The summed E-state index contributed by atoms with van der Waals surface area (Å²) in [5.74, 6) is -0.943. The summed E-state index contributed by atoms with van der Waals surface area (Å²) in [6.07, 6.45) is -0.299. The van der Waals surface area contributed by atoms with E-state index in [1.54, 1.807) is 0 Å². The first kappa shape index (κ1) is 26.7. The van der Waals surface area contributed by atoms with Gasteiger partial charge >= 0.3 is 0 Å². The molecule has 178 valence electrons. The van der Waals surface area contributed by atoms with Crippen molar-refractivity contribution >= 4 is 38.9 Å². The van der Waals surface area contributed by atoms with Crippen molar-refractivity contribution in [2.45, 2.75) is 51.2 Å². The zero-order valence-electron chi connectivity index (χ0n) is 18.6. The van der Waals surface area contributed by atoms with Gasteiger partial charge in [0.2, 0.25) is 0 Å². The van der Waals surface area contributed by atoms with Gasteiger partial charge in [0.05, 0.1) is 11.5 Å². The van der Waals surface area contributed by atoms with Crippen molar-refractivity contribution in [3.8, 4) is 0 Å². The normalized spacial score (nSPS) is 14.3. The van der Waals surface area contributed by atoms with Gasteiger partial charge < -0.3 is 4.43 Å². The van der Waals surface area contributed by atoms with E-state index in [0.29, 0.717) is 0 Å². The Morgan fingerprint density at radius 2 is 1.22 bits per heavy atom. The molecule has 10 heteroatoms. The smallest absolute Gasteiger partial charge is 0.264 e. The van der Waals surface area contributed by atoms with Crippen LogP contribution in [0.5, 0.6) is 0 Å². The van der Waals surface area contributed by atoms with Crippen molar-refractivity contribution in [3.05, 3.63) is 60.7 Å². The lowest BCUT2D eigenvalue weighted by Gasteiger charge is -2.45. The Labute approximate surface area is 192 Å². The summed E-state index contributed by atoms with van der Waals surface area (Å²) in [7, 11) is -11.4. The van der Waals surface area contributed by atoms with Crippen LogP contribution in [0, 0.1) is 0 Å². The first-order chi connectivity index (χ1) is 14.7. The molecule has 0 aliphatic heterocycles. The van der Waals surface area contributed by atoms with Crippen LogP contribution in [0.25, 0.3) is 0 Å². The zero-order valence-corrected chi connectivity index (χ0v) is 21.3. The van der Waals surface area contributed by atoms with E-state index in [1.165, 1.54) is 0 Å². The first-order valence-electron chi connectivity index (χ1n) is 10.4. The van der Waals surface area contributed by atoms with Crippen LogP contribution in [-0.2, 0) is 24.7 Å². The topological polar surface area (TPSA) is 118 Å². The molecule has 0 saturated carbocycles. The Morgan fingerprint density at radius 1 is 0.781 bits per heavy atom. The Kier molecular flexibility index (Phi) is 8.82. The van der Waals surface area contributed by atoms with Gasteiger partial charge in [-0.1, -0.05) is 81.4 Å². The van der Waals surface area contributed by atoms with E-state index in [4.69, 9.17) is 8.98 Å². The molecule has 2 aromatic rings. The summed E-state index contributed by atoms with van der Waals surface area (Å²) >= 11 is 0. The van der Waals surface area contributed by atoms with Crippen molar-refractivity contribution in [1.29, 1.82) is 0 Å². The van der Waals surface area contributed by atoms with Crippen LogP contribution >= 0.6 is 0 Å². The highest BCUT2D eigenvalue weighted by atomic mass is 32.2. The largest absolute Gasteiger partial charge is 0.404 e. The Hall–Kier alpha value is -1.56. The predicted molar refractivity (Wildman–Crippen MR) is 129 cm³/mol. The second kappa shape index (κ2) is 10.6. The van der Waals surface area contributed by atoms with Crippen molar-refractivity contribution in [2.24, 2.45) is 0 Å². The van der Waals surface area contributed by atoms with Crippen molar-refractivity contribution in [1.82, 2.24) is 0 Å². The lowest BCUT2D eigenvalue weighted by Crippen LogP contribution is -2.67. The SMILES string of the molecule is CC(C)(C)[Si](O[C@@H](CCCS(=O)(=O)O)CCS(=O)(=O)O)(c1ccccc1)c1ccccc1. The van der Waals surface area contributed by atoms with Gasteiger partial charge in [0.25, 0.3) is 28.6 Å². The van der Waals surface area contributed by atoms with Gasteiger partial charge in [-0.2, -0.15) is 16.8 Å². The molecule has 0 fully saturated rings. The summed E-state index contributed by atoms with van der Waals surface area (Å²) in [6, 6.07) is 19.6. The van der Waals surface area contributed by atoms with Gasteiger partial charge in [0, 0.05) is 6.10 Å². The molecule has 0 aliphatic carbocycles. The zero-order chi connectivity index (χ0) is 24.0. The molecule has 2 N–H and O–H groups in total. The third kappa shape index (κ3) is 7.50. The Balaban J connectivity index is 2.55. The average molecular weight is 501 g/mol. The van der Waals surface area contributed by atoms with Crippen LogP contribution in [0.2, 0.25) is 5.04 Å². The van der Waals surface area contributed by atoms with Crippen LogP contribution in [0.3, 0.4) is 0 Å². The fourth-order valence-electron chi connectivity index (χ4n) is 3.98. The third-order valence-corrected chi connectivity index (χ3v) is 12.0. The van der Waals surface area contributed by atoms with Gasteiger partial charge in [0.15, 0.2) is 0 Å². The molecular formula is C22H32O7S2Si. The molecule has 0 bridgehead atoms. The molecule has 0 aromatic heterocycles. The molecule has 0 radical (unpaired) electrons. The summed E-state index contributed by atoms with van der Waals surface area (Å²) < 4.78 is 70.6. The maximum Gasteiger partial charge on any atom is 0.264 e. The second-order valence-electron chi connectivity index (χ2n) is 8.91. The number of rotatable bonds is 11. The lowest BCUT2D eigenvalue weighted by molar-refractivity contribution is 0.172. The van der Waals surface area contributed by atoms with Crippen LogP contribution in [-0.4, -0.2) is 51.9 Å². The van der Waals surface area contributed by atoms with Crippen LogP contribution in [0.4, 0.5) is 0 Å². The Morgan fingerprint density at radius 3 is 1.59 bits per heavy atom. The number of hydrogen-bond acceptors (Lipinski definition) is 5. The van der Waals surface area contributed by atoms with Crippen molar-refractivity contribution < 1.29 is 30.4 Å². The molecule has 0 unspecified atom stereocenters. The van der Waals surface area contributed by atoms with E-state index in [1.807, 2.05) is 60.7 Å². The highest BCUT2D eigenvalue weighted by Gasteiger charge is 2.51. The molecule has 0 aliphatic rings.